The van der Waals surface area contributed by atoms with Crippen molar-refractivity contribution in [3.05, 3.63) is 62.8 Å². The van der Waals surface area contributed by atoms with Gasteiger partial charge in [-0.15, -0.1) is 22.7 Å². The number of Topliss-reactive ketones (excluding diaryl/α,β-unsaturated/α-hetero) is 1. The summed E-state index contributed by atoms with van der Waals surface area (Å²) in [7, 11) is 0. The number of thiazole rings is 1. The van der Waals surface area contributed by atoms with Gasteiger partial charge in [-0.25, -0.2) is 4.98 Å². The summed E-state index contributed by atoms with van der Waals surface area (Å²) in [6.07, 6.45) is 0.225. The van der Waals surface area contributed by atoms with Crippen LogP contribution >= 0.6 is 34.4 Å². The maximum atomic E-state index is 12.2. The van der Waals surface area contributed by atoms with Crippen LogP contribution in [0.15, 0.2) is 45.4 Å². The van der Waals surface area contributed by atoms with E-state index in [0.29, 0.717) is 5.75 Å². The zero-order valence-electron chi connectivity index (χ0n) is 14.4. The topological polar surface area (TPSA) is 59.1 Å². The molecule has 1 amide bonds. The minimum atomic E-state index is -0.0894. The molecule has 3 aromatic rings. The smallest absolute Gasteiger partial charge is 0.230 e. The number of carbonyl (C=O) groups excluding carboxylic acids is 2. The lowest BCUT2D eigenvalue weighted by atomic mass is 10.1. The van der Waals surface area contributed by atoms with Crippen LogP contribution in [0.3, 0.4) is 0 Å². The van der Waals surface area contributed by atoms with E-state index in [2.05, 4.69) is 10.3 Å². The molecule has 0 bridgehead atoms. The number of thioether (sulfide) groups is 1. The van der Waals surface area contributed by atoms with Crippen molar-refractivity contribution in [3.63, 3.8) is 0 Å². The number of thiophene rings is 1. The van der Waals surface area contributed by atoms with Gasteiger partial charge in [0.1, 0.15) is 0 Å². The molecule has 0 fully saturated rings. The predicted molar refractivity (Wildman–Crippen MR) is 110 cm³/mol. The van der Waals surface area contributed by atoms with Crippen LogP contribution in [0.2, 0.25) is 0 Å². The number of aromatic nitrogens is 1. The van der Waals surface area contributed by atoms with Gasteiger partial charge in [-0.2, -0.15) is 0 Å². The number of hydrogen-bond donors (Lipinski definition) is 1. The van der Waals surface area contributed by atoms with E-state index in [1.807, 2.05) is 54.9 Å². The fourth-order valence-corrected chi connectivity index (χ4v) is 4.87. The highest BCUT2D eigenvalue weighted by atomic mass is 32.2. The first-order valence-electron chi connectivity index (χ1n) is 8.02. The highest BCUT2D eigenvalue weighted by molar-refractivity contribution is 8.01. The Labute approximate surface area is 164 Å². The Morgan fingerprint density at radius 3 is 2.77 bits per heavy atom. The fourth-order valence-electron chi connectivity index (χ4n) is 2.38. The van der Waals surface area contributed by atoms with Crippen LogP contribution in [-0.2, 0) is 11.2 Å². The second kappa shape index (κ2) is 8.62. The molecule has 2 heterocycles. The average molecular weight is 403 g/mol. The average Bonchev–Trinajstić information content (AvgIpc) is 3.27. The summed E-state index contributed by atoms with van der Waals surface area (Å²) in [6.45, 7) is 4.00. The van der Waals surface area contributed by atoms with Crippen LogP contribution in [0, 0.1) is 13.8 Å². The predicted octanol–water partition coefficient (Wildman–Crippen LogP) is 4.98. The minimum absolute atomic E-state index is 0.0894. The number of hydrogen-bond acceptors (Lipinski definition) is 6. The van der Waals surface area contributed by atoms with Gasteiger partial charge in [-0.1, -0.05) is 35.5 Å². The molecule has 0 atom stereocenters. The Bertz CT molecular complexity index is 917. The largest absolute Gasteiger partial charge is 0.326 e. The van der Waals surface area contributed by atoms with Crippen molar-refractivity contribution >= 4 is 51.8 Å². The van der Waals surface area contributed by atoms with Crippen LogP contribution in [0.1, 0.15) is 26.5 Å². The van der Waals surface area contributed by atoms with Gasteiger partial charge in [0.2, 0.25) is 5.91 Å². The van der Waals surface area contributed by atoms with Crippen molar-refractivity contribution in [2.24, 2.45) is 0 Å². The van der Waals surface area contributed by atoms with Crippen LogP contribution in [0.25, 0.3) is 0 Å². The fraction of sp³-hybridized carbons (Fsp3) is 0.211. The standard InChI is InChI=1S/C19H18N2O2S3/c1-12-5-6-15(13(2)8-12)21-18(23)9-14-10-25-19(20-14)26-11-16(22)17-4-3-7-24-17/h3-8,10H,9,11H2,1-2H3,(H,21,23). The van der Waals surface area contributed by atoms with E-state index in [9.17, 15) is 9.59 Å². The molecule has 2 aromatic heterocycles. The third-order valence-corrected chi connectivity index (χ3v) is 6.63. The Kier molecular flexibility index (Phi) is 6.24. The van der Waals surface area contributed by atoms with Crippen LogP contribution in [0.5, 0.6) is 0 Å². The molecule has 0 radical (unpaired) electrons. The van der Waals surface area contributed by atoms with Crippen molar-refractivity contribution in [3.8, 4) is 0 Å². The van der Waals surface area contributed by atoms with Gasteiger partial charge in [0, 0.05) is 11.1 Å². The zero-order chi connectivity index (χ0) is 18.5. The van der Waals surface area contributed by atoms with Crippen molar-refractivity contribution in [2.75, 3.05) is 11.1 Å². The Hall–Kier alpha value is -1.96. The lowest BCUT2D eigenvalue weighted by molar-refractivity contribution is -0.115. The summed E-state index contributed by atoms with van der Waals surface area (Å²) in [6, 6.07) is 9.64. The maximum absolute atomic E-state index is 12.2. The zero-order valence-corrected chi connectivity index (χ0v) is 16.9. The molecule has 0 aliphatic rings. The van der Waals surface area contributed by atoms with E-state index in [0.717, 1.165) is 26.2 Å². The van der Waals surface area contributed by atoms with Crippen molar-refractivity contribution in [1.29, 1.82) is 0 Å². The molecular formula is C19H18N2O2S3. The molecule has 1 aromatic carbocycles. The summed E-state index contributed by atoms with van der Waals surface area (Å²) >= 11 is 4.33. The molecule has 0 aliphatic heterocycles. The van der Waals surface area contributed by atoms with Gasteiger partial charge >= 0.3 is 0 Å². The molecule has 134 valence electrons. The number of carbonyl (C=O) groups is 2. The lowest BCUT2D eigenvalue weighted by Gasteiger charge is -2.08. The molecule has 0 saturated carbocycles. The highest BCUT2D eigenvalue weighted by Gasteiger charge is 2.12. The van der Waals surface area contributed by atoms with Gasteiger partial charge in [0.15, 0.2) is 10.1 Å². The molecule has 0 spiro atoms. The maximum Gasteiger partial charge on any atom is 0.230 e. The van der Waals surface area contributed by atoms with Crippen LogP contribution < -0.4 is 5.32 Å². The van der Waals surface area contributed by atoms with E-state index < -0.39 is 0 Å². The lowest BCUT2D eigenvalue weighted by Crippen LogP contribution is -2.15. The van der Waals surface area contributed by atoms with E-state index in [1.165, 1.54) is 40.0 Å². The third kappa shape index (κ3) is 5.03. The highest BCUT2D eigenvalue weighted by Crippen LogP contribution is 2.25. The first-order valence-corrected chi connectivity index (χ1v) is 10.8. The molecule has 0 unspecified atom stereocenters. The number of nitrogens with one attached hydrogen (secondary N) is 1. The normalized spacial score (nSPS) is 10.7. The van der Waals surface area contributed by atoms with Crippen LogP contribution in [0.4, 0.5) is 5.69 Å². The number of aryl methyl sites for hydroxylation is 2. The summed E-state index contributed by atoms with van der Waals surface area (Å²) in [5.41, 5.74) is 3.76. The minimum Gasteiger partial charge on any atom is -0.326 e. The Balaban J connectivity index is 1.53. The molecular weight excluding hydrogens is 384 g/mol. The monoisotopic (exact) mass is 402 g/mol. The quantitative estimate of drug-likeness (QED) is 0.447. The summed E-state index contributed by atoms with van der Waals surface area (Å²) in [5, 5.41) is 6.70. The molecule has 26 heavy (non-hydrogen) atoms. The summed E-state index contributed by atoms with van der Waals surface area (Å²) in [5.74, 6) is 0.380. The van der Waals surface area contributed by atoms with Gasteiger partial charge < -0.3 is 5.32 Å². The second-order valence-electron chi connectivity index (χ2n) is 5.84. The SMILES string of the molecule is Cc1ccc(NC(=O)Cc2csc(SCC(=O)c3cccs3)n2)c(C)c1. The number of ketones is 1. The van der Waals surface area contributed by atoms with Crippen LogP contribution in [-0.4, -0.2) is 22.4 Å². The first-order chi connectivity index (χ1) is 12.5. The van der Waals surface area contributed by atoms with Gasteiger partial charge in [0.05, 0.1) is 22.7 Å². The summed E-state index contributed by atoms with van der Waals surface area (Å²) in [4.78, 5) is 29.5. The van der Waals surface area contributed by atoms with Crippen molar-refractivity contribution < 1.29 is 9.59 Å². The number of amides is 1. The van der Waals surface area contributed by atoms with Gasteiger partial charge in [-0.3, -0.25) is 9.59 Å². The number of anilines is 1. The van der Waals surface area contributed by atoms with E-state index in [1.54, 1.807) is 0 Å². The Morgan fingerprint density at radius 2 is 2.04 bits per heavy atom. The van der Waals surface area contributed by atoms with E-state index in [4.69, 9.17) is 0 Å². The number of nitrogens with zero attached hydrogens (tertiary/aromatic N) is 1. The third-order valence-electron chi connectivity index (χ3n) is 3.65. The molecule has 0 saturated heterocycles. The molecule has 7 heteroatoms. The van der Waals surface area contributed by atoms with Gasteiger partial charge in [0.25, 0.3) is 0 Å². The van der Waals surface area contributed by atoms with Crippen molar-refractivity contribution in [1.82, 2.24) is 4.98 Å². The number of benzene rings is 1. The summed E-state index contributed by atoms with van der Waals surface area (Å²) < 4.78 is 0.809. The molecule has 3 rings (SSSR count). The molecule has 4 nitrogen and oxygen atoms in total. The molecule has 0 aliphatic carbocycles. The molecule has 1 N–H and O–H groups in total. The van der Waals surface area contributed by atoms with E-state index in [-0.39, 0.29) is 18.1 Å². The van der Waals surface area contributed by atoms with E-state index >= 15 is 0 Å². The number of rotatable bonds is 7. The second-order valence-corrected chi connectivity index (χ2v) is 8.87. The van der Waals surface area contributed by atoms with Gasteiger partial charge in [-0.05, 0) is 36.9 Å². The first kappa shape index (κ1) is 18.8. The van der Waals surface area contributed by atoms with Crippen molar-refractivity contribution in [2.45, 2.75) is 24.6 Å². The Morgan fingerprint density at radius 1 is 1.19 bits per heavy atom.